The number of ether oxygens (including phenoxy) is 1. The van der Waals surface area contributed by atoms with Gasteiger partial charge in [-0.2, -0.15) is 5.10 Å². The second-order valence-electron chi connectivity index (χ2n) is 5.08. The largest absolute Gasteiger partial charge is 0.465 e. The van der Waals surface area contributed by atoms with E-state index in [9.17, 15) is 4.79 Å². The van der Waals surface area contributed by atoms with E-state index in [0.29, 0.717) is 13.0 Å². The average molecular weight is 239 g/mol. The highest BCUT2D eigenvalue weighted by molar-refractivity contribution is 5.75. The summed E-state index contributed by atoms with van der Waals surface area (Å²) in [6.07, 6.45) is 2.17. The molecule has 1 heterocycles. The molecule has 1 aromatic rings. The van der Waals surface area contributed by atoms with Crippen LogP contribution in [-0.2, 0) is 21.4 Å². The number of H-pyrrole nitrogens is 1. The molecule has 5 heteroatoms. The summed E-state index contributed by atoms with van der Waals surface area (Å²) in [4.78, 5) is 11.5. The minimum Gasteiger partial charge on any atom is -0.465 e. The topological polar surface area (TPSA) is 81.0 Å². The molecule has 0 spiro atoms. The first-order valence-electron chi connectivity index (χ1n) is 5.81. The first-order chi connectivity index (χ1) is 7.86. The Bertz CT molecular complexity index is 379. The van der Waals surface area contributed by atoms with E-state index in [4.69, 9.17) is 10.5 Å². The molecule has 0 aliphatic heterocycles. The SMILES string of the molecule is CCOC(=O)C(N)Cc1cn[nH]c1C(C)(C)C. The van der Waals surface area contributed by atoms with Gasteiger partial charge in [0.05, 0.1) is 12.8 Å². The third-order valence-electron chi connectivity index (χ3n) is 2.50. The third kappa shape index (κ3) is 3.56. The van der Waals surface area contributed by atoms with Crippen molar-refractivity contribution in [1.29, 1.82) is 0 Å². The van der Waals surface area contributed by atoms with Crippen LogP contribution in [0.25, 0.3) is 0 Å². The van der Waals surface area contributed by atoms with Gasteiger partial charge in [-0.3, -0.25) is 9.89 Å². The third-order valence-corrected chi connectivity index (χ3v) is 2.50. The minimum atomic E-state index is -0.631. The van der Waals surface area contributed by atoms with E-state index >= 15 is 0 Å². The van der Waals surface area contributed by atoms with Crippen LogP contribution in [0.5, 0.6) is 0 Å². The lowest BCUT2D eigenvalue weighted by molar-refractivity contribution is -0.144. The van der Waals surface area contributed by atoms with E-state index in [1.807, 2.05) is 0 Å². The quantitative estimate of drug-likeness (QED) is 0.772. The Labute approximate surface area is 102 Å². The zero-order chi connectivity index (χ0) is 13.1. The highest BCUT2D eigenvalue weighted by Crippen LogP contribution is 2.24. The highest BCUT2D eigenvalue weighted by atomic mass is 16.5. The van der Waals surface area contributed by atoms with Crippen molar-refractivity contribution in [1.82, 2.24) is 10.2 Å². The van der Waals surface area contributed by atoms with Crippen LogP contribution in [0.4, 0.5) is 0 Å². The van der Waals surface area contributed by atoms with E-state index < -0.39 is 6.04 Å². The van der Waals surface area contributed by atoms with Crippen molar-refractivity contribution in [3.8, 4) is 0 Å². The van der Waals surface area contributed by atoms with Crippen LogP contribution in [0.15, 0.2) is 6.20 Å². The fraction of sp³-hybridized carbons (Fsp3) is 0.667. The van der Waals surface area contributed by atoms with Crippen molar-refractivity contribution in [3.63, 3.8) is 0 Å². The molecule has 0 aliphatic rings. The number of nitrogens with two attached hydrogens (primary N) is 1. The molecule has 96 valence electrons. The van der Waals surface area contributed by atoms with E-state index in [1.165, 1.54) is 0 Å². The molecule has 1 unspecified atom stereocenters. The summed E-state index contributed by atoms with van der Waals surface area (Å²) in [5, 5.41) is 6.98. The molecular weight excluding hydrogens is 218 g/mol. The fourth-order valence-corrected chi connectivity index (χ4v) is 1.68. The van der Waals surface area contributed by atoms with Crippen molar-refractivity contribution in [2.75, 3.05) is 6.61 Å². The van der Waals surface area contributed by atoms with Crippen LogP contribution in [-0.4, -0.2) is 28.8 Å². The standard InChI is InChI=1S/C12H21N3O2/c1-5-17-11(16)9(13)6-8-7-14-15-10(8)12(2,3)4/h7,9H,5-6,13H2,1-4H3,(H,14,15). The van der Waals surface area contributed by atoms with Gasteiger partial charge in [-0.15, -0.1) is 0 Å². The molecule has 0 saturated heterocycles. The van der Waals surface area contributed by atoms with E-state index in [2.05, 4.69) is 31.0 Å². The number of rotatable bonds is 4. The van der Waals surface area contributed by atoms with Crippen LogP contribution < -0.4 is 5.73 Å². The average Bonchev–Trinajstić information content (AvgIpc) is 2.65. The summed E-state index contributed by atoms with van der Waals surface area (Å²) in [6, 6.07) is -0.631. The molecule has 0 saturated carbocycles. The number of esters is 1. The van der Waals surface area contributed by atoms with Gasteiger partial charge >= 0.3 is 5.97 Å². The van der Waals surface area contributed by atoms with Crippen LogP contribution >= 0.6 is 0 Å². The molecule has 5 nitrogen and oxygen atoms in total. The lowest BCUT2D eigenvalue weighted by Gasteiger charge is -2.19. The second kappa shape index (κ2) is 5.31. The van der Waals surface area contributed by atoms with Crippen molar-refractivity contribution in [2.45, 2.75) is 45.6 Å². The molecule has 1 atom stereocenters. The van der Waals surface area contributed by atoms with E-state index in [1.54, 1.807) is 13.1 Å². The number of aromatic nitrogens is 2. The molecule has 0 fully saturated rings. The normalized spacial score (nSPS) is 13.5. The summed E-state index contributed by atoms with van der Waals surface area (Å²) in [5.41, 5.74) is 7.73. The van der Waals surface area contributed by atoms with Gasteiger partial charge in [0.2, 0.25) is 0 Å². The molecular formula is C12H21N3O2. The highest BCUT2D eigenvalue weighted by Gasteiger charge is 2.23. The van der Waals surface area contributed by atoms with Crippen LogP contribution in [0, 0.1) is 0 Å². The number of hydrogen-bond acceptors (Lipinski definition) is 4. The molecule has 0 aromatic carbocycles. The number of nitrogens with one attached hydrogen (secondary N) is 1. The smallest absolute Gasteiger partial charge is 0.323 e. The predicted molar refractivity (Wildman–Crippen MR) is 65.6 cm³/mol. The Morgan fingerprint density at radius 1 is 1.59 bits per heavy atom. The summed E-state index contributed by atoms with van der Waals surface area (Å²) < 4.78 is 4.88. The maximum Gasteiger partial charge on any atom is 0.323 e. The van der Waals surface area contributed by atoms with E-state index in [-0.39, 0.29) is 11.4 Å². The molecule has 0 bridgehead atoms. The molecule has 0 radical (unpaired) electrons. The lowest BCUT2D eigenvalue weighted by Crippen LogP contribution is -2.35. The molecule has 1 aromatic heterocycles. The minimum absolute atomic E-state index is 0.0415. The number of nitrogens with zero attached hydrogens (tertiary/aromatic N) is 1. The number of carbonyl (C=O) groups is 1. The Kier molecular flexibility index (Phi) is 4.28. The first-order valence-corrected chi connectivity index (χ1v) is 5.81. The molecule has 1 rings (SSSR count). The van der Waals surface area contributed by atoms with Gasteiger partial charge in [-0.05, 0) is 12.5 Å². The van der Waals surface area contributed by atoms with Gasteiger partial charge in [0.25, 0.3) is 0 Å². The van der Waals surface area contributed by atoms with Crippen LogP contribution in [0.1, 0.15) is 39.0 Å². The molecule has 0 amide bonds. The Morgan fingerprint density at radius 2 is 2.24 bits per heavy atom. The summed E-state index contributed by atoms with van der Waals surface area (Å²) in [7, 11) is 0. The molecule has 17 heavy (non-hydrogen) atoms. The molecule has 3 N–H and O–H groups in total. The maximum absolute atomic E-state index is 11.5. The summed E-state index contributed by atoms with van der Waals surface area (Å²) in [6.45, 7) is 8.37. The van der Waals surface area contributed by atoms with Crippen molar-refractivity contribution in [3.05, 3.63) is 17.5 Å². The van der Waals surface area contributed by atoms with Gasteiger partial charge in [0.1, 0.15) is 6.04 Å². The van der Waals surface area contributed by atoms with Crippen molar-refractivity contribution >= 4 is 5.97 Å². The fourth-order valence-electron chi connectivity index (χ4n) is 1.68. The zero-order valence-electron chi connectivity index (χ0n) is 10.9. The van der Waals surface area contributed by atoms with Crippen LogP contribution in [0.2, 0.25) is 0 Å². The summed E-state index contributed by atoms with van der Waals surface area (Å²) >= 11 is 0. The van der Waals surface area contributed by atoms with Gasteiger partial charge in [-0.25, -0.2) is 0 Å². The molecule has 0 aliphatic carbocycles. The Balaban J connectivity index is 2.76. The maximum atomic E-state index is 11.5. The number of carbonyl (C=O) groups excluding carboxylic acids is 1. The van der Waals surface area contributed by atoms with Gasteiger partial charge < -0.3 is 10.5 Å². The van der Waals surface area contributed by atoms with Crippen molar-refractivity contribution in [2.24, 2.45) is 5.73 Å². The van der Waals surface area contributed by atoms with Crippen molar-refractivity contribution < 1.29 is 9.53 Å². The van der Waals surface area contributed by atoms with Gasteiger partial charge in [-0.1, -0.05) is 20.8 Å². The monoisotopic (exact) mass is 239 g/mol. The van der Waals surface area contributed by atoms with Gasteiger partial charge in [0, 0.05) is 17.5 Å². The number of aromatic amines is 1. The zero-order valence-corrected chi connectivity index (χ0v) is 10.9. The van der Waals surface area contributed by atoms with Crippen LogP contribution in [0.3, 0.4) is 0 Å². The Morgan fingerprint density at radius 3 is 2.76 bits per heavy atom. The van der Waals surface area contributed by atoms with Gasteiger partial charge in [0.15, 0.2) is 0 Å². The lowest BCUT2D eigenvalue weighted by atomic mass is 9.88. The second-order valence-corrected chi connectivity index (χ2v) is 5.08. The summed E-state index contributed by atoms with van der Waals surface area (Å²) in [5.74, 6) is -0.367. The predicted octanol–water partition coefficient (Wildman–Crippen LogP) is 1.14. The number of hydrogen-bond donors (Lipinski definition) is 2. The Hall–Kier alpha value is -1.36. The first kappa shape index (κ1) is 13.7. The van der Waals surface area contributed by atoms with E-state index in [0.717, 1.165) is 11.3 Å².